The summed E-state index contributed by atoms with van der Waals surface area (Å²) in [4.78, 5) is 27.2. The molecular formula is C11H12ClN3O4. The Morgan fingerprint density at radius 2 is 2.37 bits per heavy atom. The molecule has 0 amide bonds. The molecule has 102 valence electrons. The van der Waals surface area contributed by atoms with Gasteiger partial charge in [-0.05, 0) is 13.3 Å². The number of halogens is 1. The lowest BCUT2D eigenvalue weighted by Crippen LogP contribution is -2.32. The van der Waals surface area contributed by atoms with Crippen LogP contribution >= 0.6 is 11.6 Å². The monoisotopic (exact) mass is 285 g/mol. The largest absolute Gasteiger partial charge is 0.481 e. The van der Waals surface area contributed by atoms with Crippen LogP contribution in [0.15, 0.2) is 12.3 Å². The average molecular weight is 286 g/mol. The van der Waals surface area contributed by atoms with Crippen LogP contribution in [0.4, 0.5) is 11.5 Å². The number of rotatable bonds is 3. The number of nitro groups is 1. The highest BCUT2D eigenvalue weighted by Gasteiger charge is 2.42. The number of aromatic nitrogens is 1. The van der Waals surface area contributed by atoms with Crippen LogP contribution in [0.5, 0.6) is 0 Å². The third-order valence-electron chi connectivity index (χ3n) is 3.30. The Labute approximate surface area is 114 Å². The molecule has 1 aliphatic heterocycles. The molecule has 1 aliphatic rings. The van der Waals surface area contributed by atoms with E-state index < -0.39 is 16.3 Å². The highest BCUT2D eigenvalue weighted by Crippen LogP contribution is 2.36. The molecule has 1 N–H and O–H groups in total. The SMILES string of the molecule is CC1(C(=O)O)CCN(c2ncc(Cl)cc2[N+](=O)[O-])C1. The van der Waals surface area contributed by atoms with Crippen LogP contribution in [-0.4, -0.2) is 34.1 Å². The second-order valence-corrected chi connectivity index (χ2v) is 5.23. The Morgan fingerprint density at radius 3 is 2.89 bits per heavy atom. The summed E-state index contributed by atoms with van der Waals surface area (Å²) in [6.45, 7) is 2.23. The fourth-order valence-electron chi connectivity index (χ4n) is 2.12. The average Bonchev–Trinajstić information content (AvgIpc) is 2.73. The Hall–Kier alpha value is -1.89. The van der Waals surface area contributed by atoms with Crippen LogP contribution in [0.3, 0.4) is 0 Å². The van der Waals surface area contributed by atoms with Gasteiger partial charge in [-0.1, -0.05) is 11.6 Å². The van der Waals surface area contributed by atoms with Gasteiger partial charge in [0.05, 0.1) is 15.4 Å². The Balaban J connectivity index is 2.34. The van der Waals surface area contributed by atoms with E-state index in [1.165, 1.54) is 12.3 Å². The van der Waals surface area contributed by atoms with Crippen molar-refractivity contribution in [2.24, 2.45) is 5.41 Å². The molecule has 1 aromatic rings. The van der Waals surface area contributed by atoms with E-state index in [9.17, 15) is 14.9 Å². The van der Waals surface area contributed by atoms with Crippen molar-refractivity contribution >= 4 is 29.1 Å². The molecule has 1 unspecified atom stereocenters. The maximum absolute atomic E-state index is 11.2. The van der Waals surface area contributed by atoms with Gasteiger partial charge in [-0.2, -0.15) is 0 Å². The zero-order valence-corrected chi connectivity index (χ0v) is 10.9. The summed E-state index contributed by atoms with van der Waals surface area (Å²) in [5.74, 6) is -0.744. The molecule has 19 heavy (non-hydrogen) atoms. The van der Waals surface area contributed by atoms with E-state index >= 15 is 0 Å². The zero-order valence-electron chi connectivity index (χ0n) is 10.2. The van der Waals surface area contributed by atoms with Crippen molar-refractivity contribution in [3.63, 3.8) is 0 Å². The number of anilines is 1. The van der Waals surface area contributed by atoms with Crippen LogP contribution in [0, 0.1) is 15.5 Å². The van der Waals surface area contributed by atoms with Crippen molar-refractivity contribution in [2.75, 3.05) is 18.0 Å². The second-order valence-electron chi connectivity index (χ2n) is 4.79. The molecule has 2 heterocycles. The smallest absolute Gasteiger partial charge is 0.313 e. The molecule has 7 nitrogen and oxygen atoms in total. The number of carbonyl (C=O) groups is 1. The third kappa shape index (κ3) is 2.46. The summed E-state index contributed by atoms with van der Waals surface area (Å²) in [5, 5.41) is 20.3. The summed E-state index contributed by atoms with van der Waals surface area (Å²) in [6.07, 6.45) is 1.74. The molecular weight excluding hydrogens is 274 g/mol. The van der Waals surface area contributed by atoms with Gasteiger partial charge in [-0.25, -0.2) is 4.98 Å². The van der Waals surface area contributed by atoms with Crippen molar-refractivity contribution in [3.05, 3.63) is 27.4 Å². The van der Waals surface area contributed by atoms with Crippen molar-refractivity contribution in [2.45, 2.75) is 13.3 Å². The standard InChI is InChI=1S/C11H12ClN3O4/c1-11(10(16)17)2-3-14(6-11)9-8(15(18)19)4-7(12)5-13-9/h4-5H,2-3,6H2,1H3,(H,16,17). The number of nitrogens with zero attached hydrogens (tertiary/aromatic N) is 3. The lowest BCUT2D eigenvalue weighted by molar-refractivity contribution is -0.384. The van der Waals surface area contributed by atoms with Gasteiger partial charge in [-0.15, -0.1) is 0 Å². The first-order chi connectivity index (χ1) is 8.83. The van der Waals surface area contributed by atoms with E-state index in [4.69, 9.17) is 16.7 Å². The van der Waals surface area contributed by atoms with Gasteiger partial charge in [-0.3, -0.25) is 14.9 Å². The van der Waals surface area contributed by atoms with E-state index in [2.05, 4.69) is 4.98 Å². The molecule has 0 saturated carbocycles. The molecule has 2 rings (SSSR count). The van der Waals surface area contributed by atoms with Crippen LogP contribution in [0.1, 0.15) is 13.3 Å². The summed E-state index contributed by atoms with van der Waals surface area (Å²) in [5.41, 5.74) is -1.11. The van der Waals surface area contributed by atoms with E-state index in [0.717, 1.165) is 0 Å². The molecule has 0 spiro atoms. The number of carboxylic acid groups (broad SMARTS) is 1. The Kier molecular flexibility index (Phi) is 3.32. The summed E-state index contributed by atoms with van der Waals surface area (Å²) >= 11 is 5.69. The van der Waals surface area contributed by atoms with Crippen LogP contribution in [0.25, 0.3) is 0 Å². The van der Waals surface area contributed by atoms with Crippen LogP contribution in [0.2, 0.25) is 5.02 Å². The lowest BCUT2D eigenvalue weighted by atomic mass is 9.90. The molecule has 0 aromatic carbocycles. The summed E-state index contributed by atoms with van der Waals surface area (Å²) < 4.78 is 0. The van der Waals surface area contributed by atoms with Gasteiger partial charge in [0.1, 0.15) is 0 Å². The molecule has 1 saturated heterocycles. The molecule has 0 radical (unpaired) electrons. The predicted molar refractivity (Wildman–Crippen MR) is 68.5 cm³/mol. The highest BCUT2D eigenvalue weighted by atomic mass is 35.5. The minimum atomic E-state index is -0.911. The van der Waals surface area contributed by atoms with Gasteiger partial charge < -0.3 is 10.0 Å². The number of hydrogen-bond donors (Lipinski definition) is 1. The van der Waals surface area contributed by atoms with Gasteiger partial charge in [0.25, 0.3) is 0 Å². The van der Waals surface area contributed by atoms with Gasteiger partial charge in [0.15, 0.2) is 0 Å². The van der Waals surface area contributed by atoms with Crippen molar-refractivity contribution < 1.29 is 14.8 Å². The summed E-state index contributed by atoms with van der Waals surface area (Å²) in [6, 6.07) is 1.22. The fraction of sp³-hybridized carbons (Fsp3) is 0.455. The highest BCUT2D eigenvalue weighted by molar-refractivity contribution is 6.30. The molecule has 1 fully saturated rings. The fourth-order valence-corrected chi connectivity index (χ4v) is 2.27. The third-order valence-corrected chi connectivity index (χ3v) is 3.51. The zero-order chi connectivity index (χ0) is 14.2. The maximum Gasteiger partial charge on any atom is 0.313 e. The van der Waals surface area contributed by atoms with E-state index in [1.54, 1.807) is 11.8 Å². The van der Waals surface area contributed by atoms with Gasteiger partial charge >= 0.3 is 11.7 Å². The maximum atomic E-state index is 11.2. The molecule has 1 aromatic heterocycles. The number of carboxylic acids is 1. The molecule has 1 atom stereocenters. The van der Waals surface area contributed by atoms with E-state index in [0.29, 0.717) is 13.0 Å². The van der Waals surface area contributed by atoms with E-state index in [1.807, 2.05) is 0 Å². The topological polar surface area (TPSA) is 96.6 Å². The predicted octanol–water partition coefficient (Wildman–Crippen LogP) is 1.94. The normalized spacial score (nSPS) is 22.5. The summed E-state index contributed by atoms with van der Waals surface area (Å²) in [7, 11) is 0. The van der Waals surface area contributed by atoms with Crippen LogP contribution in [-0.2, 0) is 4.79 Å². The first-order valence-electron chi connectivity index (χ1n) is 5.62. The lowest BCUT2D eigenvalue weighted by Gasteiger charge is -2.20. The second kappa shape index (κ2) is 4.65. The van der Waals surface area contributed by atoms with Gasteiger partial charge in [0.2, 0.25) is 5.82 Å². The Bertz CT molecular complexity index is 551. The number of pyridine rings is 1. The number of aliphatic carboxylic acids is 1. The minimum absolute atomic E-state index is 0.166. The first-order valence-corrected chi connectivity index (χ1v) is 5.99. The van der Waals surface area contributed by atoms with Crippen molar-refractivity contribution in [1.29, 1.82) is 0 Å². The van der Waals surface area contributed by atoms with Crippen LogP contribution < -0.4 is 4.90 Å². The Morgan fingerprint density at radius 1 is 1.68 bits per heavy atom. The first kappa shape index (κ1) is 13.5. The minimum Gasteiger partial charge on any atom is -0.481 e. The number of hydrogen-bond acceptors (Lipinski definition) is 5. The van der Waals surface area contributed by atoms with Gasteiger partial charge in [0, 0.05) is 25.4 Å². The van der Waals surface area contributed by atoms with E-state index in [-0.39, 0.29) is 23.1 Å². The molecule has 8 heteroatoms. The molecule has 0 aliphatic carbocycles. The van der Waals surface area contributed by atoms with Crippen molar-refractivity contribution in [3.8, 4) is 0 Å². The molecule has 0 bridgehead atoms. The quantitative estimate of drug-likeness (QED) is 0.673. The van der Waals surface area contributed by atoms with Crippen molar-refractivity contribution in [1.82, 2.24) is 4.98 Å².